The second-order valence-corrected chi connectivity index (χ2v) is 29.5. The van der Waals surface area contributed by atoms with E-state index < -0.39 is 24.7 Å². The number of para-hydroxylation sites is 2. The van der Waals surface area contributed by atoms with Crippen LogP contribution in [0.1, 0.15) is 81.3 Å². The molecule has 4 atom stereocenters. The van der Waals surface area contributed by atoms with Crippen molar-refractivity contribution in [2.24, 2.45) is 0 Å². The molecule has 4 aliphatic rings. The number of aliphatic hydroxyl groups excluding tert-OH is 4. The molecule has 4 aliphatic carbocycles. The highest BCUT2D eigenvalue weighted by atomic mass is 127. The average Bonchev–Trinajstić information content (AvgIpc) is 0.827. The fourth-order valence-corrected chi connectivity index (χ4v) is 13.8. The molecule has 0 aromatic heterocycles. The lowest BCUT2D eigenvalue weighted by atomic mass is 9.80. The molecule has 0 saturated carbocycles. The molecular weight excluding hydrogens is 1650 g/mol. The van der Waals surface area contributed by atoms with E-state index in [4.69, 9.17) is 42.6 Å². The summed E-state index contributed by atoms with van der Waals surface area (Å²) in [6.45, 7) is 4.01. The number of benzene rings is 11. The SMILES string of the molecule is Cc1ccc(-c2cccc(NC(=O)Nc3cccc4c3CC(O)CC4)c2)cc1.Cc1ccc(B(O)O)cc1.Nc1cccc(I)c1.Nc1cccc2c1CC(O)CC2.O=C(Cl)Oc1ccccc1.O=C(Nc1cccc2c1CC(O)CC2)Oc1cccc(I)c1.O=C(Nc1cccc2c1CC(O)CC2)Oc1ccccc1. The van der Waals surface area contributed by atoms with Gasteiger partial charge >= 0.3 is 30.8 Å². The van der Waals surface area contributed by atoms with Crippen LogP contribution in [0.25, 0.3) is 11.1 Å². The predicted octanol–water partition coefficient (Wildman–Crippen LogP) is 17.1. The van der Waals surface area contributed by atoms with Crippen molar-refractivity contribution >= 4 is 127 Å². The summed E-state index contributed by atoms with van der Waals surface area (Å²) in [6, 6.07) is 79.0. The maximum Gasteiger partial charge on any atom is 0.488 e. The number of halogens is 3. The topological polar surface area (TPSA) is 318 Å². The molecule has 19 nitrogen and oxygen atoms in total. The van der Waals surface area contributed by atoms with Crippen molar-refractivity contribution in [1.29, 1.82) is 0 Å². The normalized spacial score (nSPS) is 15.1. The molecule has 14 N–H and O–H groups in total. The summed E-state index contributed by atoms with van der Waals surface area (Å²) < 4.78 is 17.2. The van der Waals surface area contributed by atoms with Crippen molar-refractivity contribution in [3.8, 4) is 28.4 Å². The second-order valence-electron chi connectivity index (χ2n) is 26.7. The van der Waals surface area contributed by atoms with Crippen LogP contribution in [0.15, 0.2) is 255 Å². The predicted molar refractivity (Wildman–Crippen MR) is 459 cm³/mol. The zero-order chi connectivity index (χ0) is 79.2. The van der Waals surface area contributed by atoms with Crippen LogP contribution in [0.3, 0.4) is 0 Å². The lowest BCUT2D eigenvalue weighted by Gasteiger charge is -2.23. The van der Waals surface area contributed by atoms with Crippen LogP contribution in [0.5, 0.6) is 17.2 Å². The number of hydrogen-bond acceptors (Lipinski definition) is 15. The third kappa shape index (κ3) is 28.3. The van der Waals surface area contributed by atoms with Crippen LogP contribution in [0, 0.1) is 21.0 Å². The van der Waals surface area contributed by atoms with Gasteiger partial charge in [-0.15, -0.1) is 0 Å². The zero-order valence-electron chi connectivity index (χ0n) is 61.5. The highest BCUT2D eigenvalue weighted by Gasteiger charge is 2.24. The number of nitrogens with one attached hydrogen (secondary N) is 4. The van der Waals surface area contributed by atoms with E-state index in [1.807, 2.05) is 165 Å². The molecule has 23 heteroatoms. The van der Waals surface area contributed by atoms with Gasteiger partial charge in [0.05, 0.1) is 24.4 Å². The summed E-state index contributed by atoms with van der Waals surface area (Å²) >= 11 is 9.34. The lowest BCUT2D eigenvalue weighted by molar-refractivity contribution is 0.158. The first kappa shape index (κ1) is 84.9. The lowest BCUT2D eigenvalue weighted by Crippen LogP contribution is -2.29. The maximum atomic E-state index is 12.6. The molecule has 0 heterocycles. The quantitative estimate of drug-likeness (QED) is 0.0277. The Morgan fingerprint density at radius 3 is 1.25 bits per heavy atom. The summed E-state index contributed by atoms with van der Waals surface area (Å²) in [5.74, 6) is 1.47. The first-order chi connectivity index (χ1) is 53.5. The van der Waals surface area contributed by atoms with Gasteiger partial charge in [0.2, 0.25) is 0 Å². The number of rotatable bonds is 9. The monoisotopic (exact) mass is 1740 g/mol. The van der Waals surface area contributed by atoms with Gasteiger partial charge in [-0.3, -0.25) is 10.6 Å². The van der Waals surface area contributed by atoms with Gasteiger partial charge in [0.1, 0.15) is 17.2 Å². The molecule has 111 heavy (non-hydrogen) atoms. The van der Waals surface area contributed by atoms with Gasteiger partial charge in [-0.2, -0.15) is 0 Å². The number of amides is 4. The Hall–Kier alpha value is -10.1. The van der Waals surface area contributed by atoms with Gasteiger partial charge in [0.25, 0.3) is 0 Å². The summed E-state index contributed by atoms with van der Waals surface area (Å²) in [4.78, 5) is 46.7. The fraction of sp³-hybridized carbons (Fsp3) is 0.205. The van der Waals surface area contributed by atoms with Gasteiger partial charge < -0.3 is 66.8 Å². The number of nitrogen functional groups attached to an aromatic ring is 2. The first-order valence-electron chi connectivity index (χ1n) is 36.3. The van der Waals surface area contributed by atoms with Crippen LogP contribution < -0.4 is 52.4 Å². The minimum absolute atomic E-state index is 0.192. The van der Waals surface area contributed by atoms with Crippen LogP contribution >= 0.6 is 56.8 Å². The molecule has 4 unspecified atom stereocenters. The van der Waals surface area contributed by atoms with Crippen molar-refractivity contribution in [3.63, 3.8) is 0 Å². The fourth-order valence-electron chi connectivity index (χ4n) is 12.6. The van der Waals surface area contributed by atoms with Crippen LogP contribution in [0.2, 0.25) is 0 Å². The van der Waals surface area contributed by atoms with E-state index in [2.05, 4.69) is 115 Å². The molecule has 11 aromatic carbocycles. The molecule has 0 spiro atoms. The number of anilines is 6. The summed E-state index contributed by atoms with van der Waals surface area (Å²) in [5, 5.41) is 67.8. The average molecular weight is 1740 g/mol. The van der Waals surface area contributed by atoms with E-state index in [-0.39, 0.29) is 30.4 Å². The Balaban J connectivity index is 0.000000155. The van der Waals surface area contributed by atoms with Crippen LogP contribution in [-0.4, -0.2) is 85.7 Å². The minimum atomic E-state index is -1.35. The van der Waals surface area contributed by atoms with Gasteiger partial charge in [0.15, 0.2) is 0 Å². The number of aliphatic hydroxyl groups is 4. The number of urea groups is 1. The molecule has 0 saturated heterocycles. The highest BCUT2D eigenvalue weighted by molar-refractivity contribution is 14.1. The van der Waals surface area contributed by atoms with Gasteiger partial charge in [-0.25, -0.2) is 19.2 Å². The first-order valence-corrected chi connectivity index (χ1v) is 38.8. The number of aryl methyl sites for hydroxylation is 6. The molecule has 0 aliphatic heterocycles. The Labute approximate surface area is 679 Å². The Morgan fingerprint density at radius 2 is 0.802 bits per heavy atom. The summed E-state index contributed by atoms with van der Waals surface area (Å²) in [5.41, 5.74) is 29.1. The van der Waals surface area contributed by atoms with Crippen molar-refractivity contribution in [3.05, 3.63) is 318 Å². The van der Waals surface area contributed by atoms with Gasteiger partial charge in [-0.05, 0) is 269 Å². The minimum Gasteiger partial charge on any atom is -0.423 e. The standard InChI is InChI=1S/C24H24N2O2.C17H16INO3.C17H17NO3.C10H13NO.C7H9BO2.C7H5ClO2.C6H6IN/c1-16-8-10-17(11-9-16)19-5-2-6-20(14-19)25-24(28)26-23-7-3-4-18-12-13-21(27)15-22(18)23;18-12-4-2-5-14(9-12)22-17(21)19-16-6-1-3-11-7-8-13(20)10-15(11)16;19-13-10-9-12-5-4-8-16(15(12)11-13)18-17(20)21-14-6-2-1-3-7-14;11-10-3-1-2-7-4-5-8(12)6-9(7)10;1-6-2-4-7(5-3-6)8(9)10;8-7(9)10-6-4-2-1-3-5-6;7-5-2-1-3-6(8)4-5/h2-11,14,21,27H,12-13,15H2,1H3,(H2,25,26,28);1-6,9,13,20H,7-8,10H2,(H,19,21);1-8,13,19H,9-11H2,(H,18,20);1-3,8,12H,4-6,11H2;2-5,9-10H,1H3;1-5H;1-4H,8H2. The molecule has 0 fully saturated rings. The van der Waals surface area contributed by atoms with E-state index >= 15 is 0 Å². The van der Waals surface area contributed by atoms with Crippen LogP contribution in [-0.2, 0) is 51.4 Å². The molecule has 11 aromatic rings. The van der Waals surface area contributed by atoms with Crippen molar-refractivity contribution < 1.29 is 63.9 Å². The number of hydrogen-bond donors (Lipinski definition) is 12. The van der Waals surface area contributed by atoms with E-state index in [1.54, 1.807) is 60.7 Å². The van der Waals surface area contributed by atoms with Gasteiger partial charge in [-0.1, -0.05) is 169 Å². The Bertz CT molecular complexity index is 4840. The van der Waals surface area contributed by atoms with Gasteiger partial charge in [0, 0.05) is 78.5 Å². The molecule has 0 bridgehead atoms. The van der Waals surface area contributed by atoms with Crippen molar-refractivity contribution in [1.82, 2.24) is 0 Å². The smallest absolute Gasteiger partial charge is 0.423 e. The Morgan fingerprint density at radius 1 is 0.405 bits per heavy atom. The largest absolute Gasteiger partial charge is 0.488 e. The van der Waals surface area contributed by atoms with E-state index in [9.17, 15) is 39.6 Å². The van der Waals surface area contributed by atoms with Crippen molar-refractivity contribution in [2.75, 3.05) is 32.7 Å². The molecule has 15 rings (SSSR count). The van der Waals surface area contributed by atoms with E-state index in [1.165, 1.54) is 31.4 Å². The van der Waals surface area contributed by atoms with E-state index in [0.717, 1.165) is 123 Å². The van der Waals surface area contributed by atoms with E-state index in [0.29, 0.717) is 53.3 Å². The molecule has 0 radical (unpaired) electrons. The third-order valence-corrected chi connectivity index (χ3v) is 19.6. The molecule has 574 valence electrons. The third-order valence-electron chi connectivity index (χ3n) is 18.2. The summed E-state index contributed by atoms with van der Waals surface area (Å²) in [6.07, 6.45) is 6.82. The van der Waals surface area contributed by atoms with Crippen molar-refractivity contribution in [2.45, 2.75) is 115 Å². The number of carbonyl (C=O) groups excluding carboxylic acids is 4. The number of ether oxygens (including phenoxy) is 3. The molecular formula is C88H90BClI2N6O13. The number of carbonyl (C=O) groups is 4. The zero-order valence-corrected chi connectivity index (χ0v) is 66.5. The number of nitrogens with two attached hydrogens (primary N) is 2. The highest BCUT2D eigenvalue weighted by Crippen LogP contribution is 2.33. The number of fused-ring (bicyclic) bond motifs is 4. The summed E-state index contributed by atoms with van der Waals surface area (Å²) in [7, 11) is -1.35. The Kier molecular flexibility index (Phi) is 33.2. The maximum absolute atomic E-state index is 12.6. The van der Waals surface area contributed by atoms with Crippen LogP contribution in [0.4, 0.5) is 53.3 Å². The molecule has 4 amide bonds. The second kappa shape index (κ2) is 43.5.